The lowest BCUT2D eigenvalue weighted by Crippen LogP contribution is -2.45. The first-order chi connectivity index (χ1) is 13.2. The minimum atomic E-state index is 0. The van der Waals surface area contributed by atoms with E-state index in [-0.39, 0.29) is 24.8 Å². The van der Waals surface area contributed by atoms with E-state index in [1.807, 2.05) is 24.3 Å². The van der Waals surface area contributed by atoms with E-state index in [1.165, 1.54) is 5.56 Å². The van der Waals surface area contributed by atoms with Crippen LogP contribution in [0.2, 0.25) is 0 Å². The van der Waals surface area contributed by atoms with E-state index in [1.54, 1.807) is 7.11 Å². The summed E-state index contributed by atoms with van der Waals surface area (Å²) in [6.07, 6.45) is 1.14. The maximum Gasteiger partial charge on any atom is 0.161 e. The van der Waals surface area contributed by atoms with E-state index in [4.69, 9.17) is 9.47 Å². The van der Waals surface area contributed by atoms with Gasteiger partial charge < -0.3 is 14.8 Å². The Bertz CT molecular complexity index is 707. The van der Waals surface area contributed by atoms with Crippen molar-refractivity contribution in [2.24, 2.45) is 5.92 Å². The van der Waals surface area contributed by atoms with Gasteiger partial charge in [-0.3, -0.25) is 4.90 Å². The molecule has 1 heterocycles. The minimum Gasteiger partial charge on any atom is -0.493 e. The fourth-order valence-corrected chi connectivity index (χ4v) is 3.68. The molecule has 0 amide bonds. The van der Waals surface area contributed by atoms with Crippen molar-refractivity contribution < 1.29 is 9.47 Å². The average molecular weight is 441 g/mol. The summed E-state index contributed by atoms with van der Waals surface area (Å²) in [6.45, 7) is 9.43. The lowest BCUT2D eigenvalue weighted by molar-refractivity contribution is 0.153. The zero-order valence-corrected chi connectivity index (χ0v) is 19.2. The third-order valence-corrected chi connectivity index (χ3v) is 5.10. The Morgan fingerprint density at radius 3 is 2.28 bits per heavy atom. The van der Waals surface area contributed by atoms with Crippen LogP contribution in [-0.2, 0) is 6.61 Å². The molecule has 2 aromatic carbocycles. The lowest BCUT2D eigenvalue weighted by Gasteiger charge is -2.36. The third-order valence-electron chi connectivity index (χ3n) is 5.10. The van der Waals surface area contributed by atoms with Gasteiger partial charge in [-0.1, -0.05) is 50.2 Å². The van der Waals surface area contributed by atoms with Gasteiger partial charge in [-0.2, -0.15) is 0 Å². The highest BCUT2D eigenvalue weighted by Crippen LogP contribution is 2.35. The number of rotatable bonds is 8. The number of hydrogen-bond acceptors (Lipinski definition) is 4. The summed E-state index contributed by atoms with van der Waals surface area (Å²) in [5.74, 6) is 2.25. The van der Waals surface area contributed by atoms with Crippen molar-refractivity contribution in [2.75, 3.05) is 33.3 Å². The molecule has 162 valence electrons. The molecule has 0 spiro atoms. The topological polar surface area (TPSA) is 33.7 Å². The van der Waals surface area contributed by atoms with Crippen molar-refractivity contribution in [1.82, 2.24) is 10.2 Å². The summed E-state index contributed by atoms with van der Waals surface area (Å²) in [6, 6.07) is 17.1. The van der Waals surface area contributed by atoms with Crippen molar-refractivity contribution in [2.45, 2.75) is 32.9 Å². The number of nitrogens with zero attached hydrogens (tertiary/aromatic N) is 1. The molecule has 1 fully saturated rings. The summed E-state index contributed by atoms with van der Waals surface area (Å²) in [4.78, 5) is 2.60. The van der Waals surface area contributed by atoms with Gasteiger partial charge in [-0.25, -0.2) is 0 Å². The Kier molecular flexibility index (Phi) is 11.4. The molecule has 0 bridgehead atoms. The van der Waals surface area contributed by atoms with E-state index in [0.29, 0.717) is 18.6 Å². The molecule has 1 aliphatic rings. The van der Waals surface area contributed by atoms with Crippen LogP contribution in [0.25, 0.3) is 0 Å². The molecule has 6 heteroatoms. The molecule has 1 saturated heterocycles. The first-order valence-corrected chi connectivity index (χ1v) is 9.97. The fraction of sp³-hybridized carbons (Fsp3) is 0.478. The zero-order chi connectivity index (χ0) is 19.1. The SMILES string of the molecule is COc1ccc([C@@H](CC(C)C)N2CCNCC2)cc1OCc1ccccc1.Cl.Cl. The Labute approximate surface area is 187 Å². The smallest absolute Gasteiger partial charge is 0.161 e. The van der Waals surface area contributed by atoms with Crippen molar-refractivity contribution >= 4 is 24.8 Å². The standard InChI is InChI=1S/C23H32N2O2.2ClH/c1-18(2)15-21(25-13-11-24-12-14-25)20-9-10-22(26-3)23(16-20)27-17-19-7-5-4-6-8-19;;/h4-10,16,18,21,24H,11-15,17H2,1-3H3;2*1H/t21-;;/m1../s1. The van der Waals surface area contributed by atoms with Crippen LogP contribution in [0.15, 0.2) is 48.5 Å². The first-order valence-electron chi connectivity index (χ1n) is 9.97. The van der Waals surface area contributed by atoms with Crippen LogP contribution in [0, 0.1) is 5.92 Å². The van der Waals surface area contributed by atoms with Crippen LogP contribution in [-0.4, -0.2) is 38.2 Å². The second-order valence-electron chi connectivity index (χ2n) is 7.62. The van der Waals surface area contributed by atoms with Crippen LogP contribution < -0.4 is 14.8 Å². The number of methoxy groups -OCH3 is 1. The van der Waals surface area contributed by atoms with Crippen LogP contribution in [0.5, 0.6) is 11.5 Å². The largest absolute Gasteiger partial charge is 0.493 e. The van der Waals surface area contributed by atoms with E-state index in [2.05, 4.69) is 48.3 Å². The molecular formula is C23H34Cl2N2O2. The second-order valence-corrected chi connectivity index (χ2v) is 7.62. The molecule has 0 aliphatic carbocycles. The molecule has 29 heavy (non-hydrogen) atoms. The minimum absolute atomic E-state index is 0. The van der Waals surface area contributed by atoms with Gasteiger partial charge >= 0.3 is 0 Å². The van der Waals surface area contributed by atoms with Crippen LogP contribution in [0.3, 0.4) is 0 Å². The first kappa shape index (κ1) is 25.6. The number of ether oxygens (including phenoxy) is 2. The van der Waals surface area contributed by atoms with E-state index in [9.17, 15) is 0 Å². The highest BCUT2D eigenvalue weighted by Gasteiger charge is 2.24. The van der Waals surface area contributed by atoms with Gasteiger partial charge in [0.05, 0.1) is 7.11 Å². The van der Waals surface area contributed by atoms with E-state index < -0.39 is 0 Å². The maximum atomic E-state index is 6.14. The highest BCUT2D eigenvalue weighted by atomic mass is 35.5. The van der Waals surface area contributed by atoms with Crippen LogP contribution in [0.1, 0.15) is 37.4 Å². The van der Waals surface area contributed by atoms with Crippen molar-refractivity contribution in [3.63, 3.8) is 0 Å². The molecule has 1 aliphatic heterocycles. The molecular weight excluding hydrogens is 407 g/mol. The number of piperazine rings is 1. The van der Waals surface area contributed by atoms with Gasteiger partial charge in [-0.05, 0) is 35.6 Å². The Hall–Kier alpha value is -1.46. The molecule has 0 saturated carbocycles. The van der Waals surface area contributed by atoms with Gasteiger partial charge in [0.1, 0.15) is 6.61 Å². The summed E-state index contributed by atoms with van der Waals surface area (Å²) in [7, 11) is 1.70. The van der Waals surface area contributed by atoms with Crippen molar-refractivity contribution in [1.29, 1.82) is 0 Å². The Balaban J connectivity index is 0.00000210. The van der Waals surface area contributed by atoms with Gasteiger partial charge in [0.15, 0.2) is 11.5 Å². The van der Waals surface area contributed by atoms with E-state index in [0.717, 1.165) is 49.7 Å². The molecule has 1 N–H and O–H groups in total. The van der Waals surface area contributed by atoms with Gasteiger partial charge in [0.25, 0.3) is 0 Å². The average Bonchev–Trinajstić information content (AvgIpc) is 2.71. The van der Waals surface area contributed by atoms with Crippen LogP contribution >= 0.6 is 24.8 Å². The quantitative estimate of drug-likeness (QED) is 0.617. The molecule has 1 atom stereocenters. The predicted molar refractivity (Wildman–Crippen MR) is 125 cm³/mol. The number of hydrogen-bond donors (Lipinski definition) is 1. The molecule has 2 aromatic rings. The zero-order valence-electron chi connectivity index (χ0n) is 17.6. The van der Waals surface area contributed by atoms with Gasteiger partial charge in [0.2, 0.25) is 0 Å². The fourth-order valence-electron chi connectivity index (χ4n) is 3.68. The normalized spacial score (nSPS) is 15.2. The summed E-state index contributed by atoms with van der Waals surface area (Å²) in [5, 5.41) is 3.46. The second kappa shape index (κ2) is 13.0. The monoisotopic (exact) mass is 440 g/mol. The Morgan fingerprint density at radius 1 is 0.966 bits per heavy atom. The number of nitrogens with one attached hydrogen (secondary N) is 1. The molecule has 0 radical (unpaired) electrons. The lowest BCUT2D eigenvalue weighted by atomic mass is 9.94. The molecule has 0 aromatic heterocycles. The molecule has 4 nitrogen and oxygen atoms in total. The molecule has 0 unspecified atom stereocenters. The maximum absolute atomic E-state index is 6.14. The summed E-state index contributed by atoms with van der Waals surface area (Å²) < 4.78 is 11.7. The summed E-state index contributed by atoms with van der Waals surface area (Å²) in [5.41, 5.74) is 2.47. The number of halogens is 2. The van der Waals surface area contributed by atoms with Crippen LogP contribution in [0.4, 0.5) is 0 Å². The van der Waals surface area contributed by atoms with Crippen molar-refractivity contribution in [3.8, 4) is 11.5 Å². The van der Waals surface area contributed by atoms with Crippen molar-refractivity contribution in [3.05, 3.63) is 59.7 Å². The van der Waals surface area contributed by atoms with Gasteiger partial charge in [-0.15, -0.1) is 24.8 Å². The third kappa shape index (κ3) is 7.38. The summed E-state index contributed by atoms with van der Waals surface area (Å²) >= 11 is 0. The predicted octanol–water partition coefficient (Wildman–Crippen LogP) is 5.11. The molecule has 3 rings (SSSR count). The van der Waals surface area contributed by atoms with E-state index >= 15 is 0 Å². The Morgan fingerprint density at radius 2 is 1.66 bits per heavy atom. The van der Waals surface area contributed by atoms with Gasteiger partial charge in [0, 0.05) is 32.2 Å². The number of benzene rings is 2. The highest BCUT2D eigenvalue weighted by molar-refractivity contribution is 5.85.